The van der Waals surface area contributed by atoms with Crippen LogP contribution in [0.1, 0.15) is 12.0 Å². The molecule has 0 spiro atoms. The number of anilines is 1. The molecule has 0 bridgehead atoms. The Balaban J connectivity index is 1.70. The van der Waals surface area contributed by atoms with Crippen molar-refractivity contribution in [2.75, 3.05) is 4.90 Å². The average molecular weight is 316 g/mol. The van der Waals surface area contributed by atoms with Crippen molar-refractivity contribution in [3.63, 3.8) is 0 Å². The molecular weight excluding hydrogens is 302 g/mol. The van der Waals surface area contributed by atoms with Gasteiger partial charge < -0.3 is 5.32 Å². The predicted octanol–water partition coefficient (Wildman–Crippen LogP) is 2.16. The number of nitrogens with zero attached hydrogens (tertiary/aromatic N) is 2. The Morgan fingerprint density at radius 2 is 1.82 bits per heavy atom. The van der Waals surface area contributed by atoms with Crippen molar-refractivity contribution in [3.05, 3.63) is 59.4 Å². The minimum atomic E-state index is -0.503. The summed E-state index contributed by atoms with van der Waals surface area (Å²) in [4.78, 5) is 29.7. The first-order valence-electron chi connectivity index (χ1n) is 6.90. The summed E-state index contributed by atoms with van der Waals surface area (Å²) in [5, 5.41) is 3.69. The van der Waals surface area contributed by atoms with Crippen LogP contribution in [0.3, 0.4) is 0 Å². The number of carbonyl (C=O) groups excluding carboxylic acids is 2. The van der Waals surface area contributed by atoms with Crippen molar-refractivity contribution in [3.8, 4) is 0 Å². The van der Waals surface area contributed by atoms with Crippen molar-refractivity contribution < 1.29 is 9.59 Å². The normalized spacial score (nSPS) is 18.0. The highest BCUT2D eigenvalue weighted by atomic mass is 35.5. The van der Waals surface area contributed by atoms with Gasteiger partial charge in [0.1, 0.15) is 0 Å². The van der Waals surface area contributed by atoms with E-state index in [4.69, 9.17) is 11.6 Å². The SMILES string of the molecule is O=C1C[C@H](NCc2ccncc2)C(=O)N1c1ccc(Cl)cc1. The minimum absolute atomic E-state index is 0.159. The Kier molecular flexibility index (Phi) is 4.18. The fourth-order valence-electron chi connectivity index (χ4n) is 2.39. The van der Waals surface area contributed by atoms with Gasteiger partial charge in [0.2, 0.25) is 5.91 Å². The second kappa shape index (κ2) is 6.25. The number of nitrogens with one attached hydrogen (secondary N) is 1. The minimum Gasteiger partial charge on any atom is -0.301 e. The summed E-state index contributed by atoms with van der Waals surface area (Å²) in [6.45, 7) is 0.515. The first-order valence-corrected chi connectivity index (χ1v) is 7.27. The van der Waals surface area contributed by atoms with Crippen LogP contribution in [-0.4, -0.2) is 22.8 Å². The van der Waals surface area contributed by atoms with E-state index in [0.717, 1.165) is 5.56 Å². The molecule has 6 heteroatoms. The van der Waals surface area contributed by atoms with Gasteiger partial charge in [-0.1, -0.05) is 11.6 Å². The van der Waals surface area contributed by atoms with Crippen LogP contribution in [0.2, 0.25) is 5.02 Å². The quantitative estimate of drug-likeness (QED) is 0.878. The summed E-state index contributed by atoms with van der Waals surface area (Å²) in [7, 11) is 0. The Morgan fingerprint density at radius 3 is 2.50 bits per heavy atom. The molecule has 2 amide bonds. The molecule has 3 rings (SSSR count). The first kappa shape index (κ1) is 14.7. The van der Waals surface area contributed by atoms with Gasteiger partial charge in [0.25, 0.3) is 5.91 Å². The fourth-order valence-corrected chi connectivity index (χ4v) is 2.52. The van der Waals surface area contributed by atoms with E-state index in [9.17, 15) is 9.59 Å². The lowest BCUT2D eigenvalue weighted by atomic mass is 10.2. The van der Waals surface area contributed by atoms with E-state index in [1.165, 1.54) is 4.90 Å². The van der Waals surface area contributed by atoms with Crippen molar-refractivity contribution in [1.29, 1.82) is 0 Å². The monoisotopic (exact) mass is 315 g/mol. The molecule has 5 nitrogen and oxygen atoms in total. The molecule has 2 heterocycles. The topological polar surface area (TPSA) is 62.3 Å². The van der Waals surface area contributed by atoms with E-state index < -0.39 is 6.04 Å². The molecule has 0 aliphatic carbocycles. The maximum absolute atomic E-state index is 12.4. The molecule has 1 N–H and O–H groups in total. The van der Waals surface area contributed by atoms with E-state index in [0.29, 0.717) is 17.3 Å². The lowest BCUT2D eigenvalue weighted by Gasteiger charge is -2.15. The van der Waals surface area contributed by atoms with Crippen molar-refractivity contribution >= 4 is 29.1 Å². The van der Waals surface area contributed by atoms with Crippen LogP contribution < -0.4 is 10.2 Å². The fraction of sp³-hybridized carbons (Fsp3) is 0.188. The zero-order chi connectivity index (χ0) is 15.5. The van der Waals surface area contributed by atoms with Gasteiger partial charge >= 0.3 is 0 Å². The molecule has 22 heavy (non-hydrogen) atoms. The number of amides is 2. The van der Waals surface area contributed by atoms with Gasteiger partial charge in [0.05, 0.1) is 18.2 Å². The van der Waals surface area contributed by atoms with Gasteiger partial charge in [-0.25, -0.2) is 4.90 Å². The number of carbonyl (C=O) groups is 2. The number of benzene rings is 1. The molecule has 1 aromatic heterocycles. The molecule has 1 saturated heterocycles. The van der Waals surface area contributed by atoms with E-state index >= 15 is 0 Å². The van der Waals surface area contributed by atoms with Crippen molar-refractivity contribution in [2.24, 2.45) is 0 Å². The van der Waals surface area contributed by atoms with Crippen LogP contribution in [0.15, 0.2) is 48.8 Å². The summed E-state index contributed by atoms with van der Waals surface area (Å²) in [5.41, 5.74) is 1.56. The molecule has 1 fully saturated rings. The summed E-state index contributed by atoms with van der Waals surface area (Å²) >= 11 is 5.83. The summed E-state index contributed by atoms with van der Waals surface area (Å²) in [5.74, 6) is -0.444. The van der Waals surface area contributed by atoms with E-state index in [2.05, 4.69) is 10.3 Å². The maximum atomic E-state index is 12.4. The number of pyridine rings is 1. The molecule has 0 saturated carbocycles. The second-order valence-corrected chi connectivity index (χ2v) is 5.47. The molecular formula is C16H14ClN3O2. The highest BCUT2D eigenvalue weighted by Gasteiger charge is 2.39. The molecule has 1 aliphatic heterocycles. The number of halogens is 1. The second-order valence-electron chi connectivity index (χ2n) is 5.04. The molecule has 0 radical (unpaired) electrons. The van der Waals surface area contributed by atoms with Crippen LogP contribution in [0.4, 0.5) is 5.69 Å². The largest absolute Gasteiger partial charge is 0.301 e. The molecule has 2 aromatic rings. The standard InChI is InChI=1S/C16H14ClN3O2/c17-12-1-3-13(4-2-12)20-15(21)9-14(16(20)22)19-10-11-5-7-18-8-6-11/h1-8,14,19H,9-10H2/t14-/m0/s1. The molecule has 1 aromatic carbocycles. The number of hydrogen-bond donors (Lipinski definition) is 1. The van der Waals surface area contributed by atoms with Crippen LogP contribution in [0, 0.1) is 0 Å². The number of hydrogen-bond acceptors (Lipinski definition) is 4. The number of imide groups is 1. The third-order valence-electron chi connectivity index (χ3n) is 3.53. The smallest absolute Gasteiger partial charge is 0.251 e. The Morgan fingerprint density at radius 1 is 1.14 bits per heavy atom. The maximum Gasteiger partial charge on any atom is 0.251 e. The summed E-state index contributed by atoms with van der Waals surface area (Å²) in [6.07, 6.45) is 3.55. The number of rotatable bonds is 4. The Labute approximate surface area is 132 Å². The zero-order valence-electron chi connectivity index (χ0n) is 11.7. The van der Waals surface area contributed by atoms with Crippen LogP contribution in [0.5, 0.6) is 0 Å². The van der Waals surface area contributed by atoms with E-state index in [1.54, 1.807) is 36.7 Å². The summed E-state index contributed by atoms with van der Waals surface area (Å²) in [6, 6.07) is 9.89. The van der Waals surface area contributed by atoms with E-state index in [1.807, 2.05) is 12.1 Å². The number of aromatic nitrogens is 1. The van der Waals surface area contributed by atoms with Crippen molar-refractivity contribution in [2.45, 2.75) is 19.0 Å². The van der Waals surface area contributed by atoms with Gasteiger partial charge in [-0.15, -0.1) is 0 Å². The van der Waals surface area contributed by atoms with Crippen LogP contribution >= 0.6 is 11.6 Å². The van der Waals surface area contributed by atoms with Crippen LogP contribution in [0.25, 0.3) is 0 Å². The first-order chi connectivity index (χ1) is 10.6. The lowest BCUT2D eigenvalue weighted by Crippen LogP contribution is -2.38. The highest BCUT2D eigenvalue weighted by molar-refractivity contribution is 6.30. The Bertz CT molecular complexity index is 688. The lowest BCUT2D eigenvalue weighted by molar-refractivity contribution is -0.121. The van der Waals surface area contributed by atoms with Gasteiger partial charge in [0, 0.05) is 24.0 Å². The van der Waals surface area contributed by atoms with Crippen molar-refractivity contribution in [1.82, 2.24) is 10.3 Å². The zero-order valence-corrected chi connectivity index (χ0v) is 12.5. The third kappa shape index (κ3) is 3.00. The van der Waals surface area contributed by atoms with Crippen LogP contribution in [-0.2, 0) is 16.1 Å². The van der Waals surface area contributed by atoms with Gasteiger partial charge in [-0.2, -0.15) is 0 Å². The Hall–Kier alpha value is -2.24. The molecule has 0 unspecified atom stereocenters. The molecule has 112 valence electrons. The predicted molar refractivity (Wildman–Crippen MR) is 83.4 cm³/mol. The van der Waals surface area contributed by atoms with Gasteiger partial charge in [-0.3, -0.25) is 14.6 Å². The summed E-state index contributed by atoms with van der Waals surface area (Å²) < 4.78 is 0. The van der Waals surface area contributed by atoms with Gasteiger partial charge in [-0.05, 0) is 42.0 Å². The molecule has 1 aliphatic rings. The highest BCUT2D eigenvalue weighted by Crippen LogP contribution is 2.24. The van der Waals surface area contributed by atoms with E-state index in [-0.39, 0.29) is 18.2 Å². The average Bonchev–Trinajstić information content (AvgIpc) is 2.82. The molecule has 1 atom stereocenters. The van der Waals surface area contributed by atoms with Gasteiger partial charge in [0.15, 0.2) is 0 Å². The third-order valence-corrected chi connectivity index (χ3v) is 3.79.